The first-order valence-corrected chi connectivity index (χ1v) is 15.4. The van der Waals surface area contributed by atoms with Crippen LogP contribution in [0.5, 0.6) is 0 Å². The third kappa shape index (κ3) is 4.31. The van der Waals surface area contributed by atoms with Crippen molar-refractivity contribution in [1.29, 1.82) is 0 Å². The monoisotopic (exact) mass is 567 g/mol. The minimum atomic E-state index is -0.124. The van der Waals surface area contributed by atoms with Crippen molar-refractivity contribution in [3.05, 3.63) is 138 Å². The molecule has 7 aromatic rings. The van der Waals surface area contributed by atoms with Crippen molar-refractivity contribution in [1.82, 2.24) is 15.0 Å². The number of fused-ring (bicyclic) bond motifs is 5. The number of aromatic nitrogens is 3. The van der Waals surface area contributed by atoms with Crippen LogP contribution in [-0.4, -0.2) is 15.0 Å². The van der Waals surface area contributed by atoms with E-state index in [9.17, 15) is 0 Å². The van der Waals surface area contributed by atoms with Crippen molar-refractivity contribution >= 4 is 21.5 Å². The van der Waals surface area contributed by atoms with Gasteiger partial charge in [-0.3, -0.25) is 0 Å². The van der Waals surface area contributed by atoms with Crippen LogP contribution in [0.25, 0.3) is 66.8 Å². The first kappa shape index (κ1) is 26.5. The summed E-state index contributed by atoms with van der Waals surface area (Å²) >= 11 is 0. The molecule has 0 saturated heterocycles. The molecule has 1 aromatic heterocycles. The second-order valence-corrected chi connectivity index (χ2v) is 12.8. The minimum Gasteiger partial charge on any atom is -0.208 e. The van der Waals surface area contributed by atoms with Crippen molar-refractivity contribution in [3.63, 3.8) is 0 Å². The van der Waals surface area contributed by atoms with Gasteiger partial charge in [0.05, 0.1) is 0 Å². The third-order valence-electron chi connectivity index (χ3n) is 9.28. The molecule has 3 nitrogen and oxygen atoms in total. The molecule has 0 radical (unpaired) electrons. The summed E-state index contributed by atoms with van der Waals surface area (Å²) in [6.45, 7) is 9.19. The summed E-state index contributed by atoms with van der Waals surface area (Å²) in [5, 5.41) is 4.72. The average molecular weight is 568 g/mol. The first-order valence-electron chi connectivity index (χ1n) is 15.4. The molecule has 0 N–H and O–H groups in total. The van der Waals surface area contributed by atoms with Gasteiger partial charge in [-0.15, -0.1) is 0 Å². The summed E-state index contributed by atoms with van der Waals surface area (Å²) in [5.74, 6) is 2.52. The second kappa shape index (κ2) is 9.96. The largest absolute Gasteiger partial charge is 0.208 e. The lowest BCUT2D eigenvalue weighted by molar-refractivity contribution is 0.658. The number of hydrogen-bond donors (Lipinski definition) is 0. The van der Waals surface area contributed by atoms with E-state index in [-0.39, 0.29) is 5.41 Å². The Morgan fingerprint density at radius 2 is 0.886 bits per heavy atom. The van der Waals surface area contributed by atoms with E-state index in [1.807, 2.05) is 0 Å². The Kier molecular flexibility index (Phi) is 5.99. The van der Waals surface area contributed by atoms with Crippen molar-refractivity contribution < 1.29 is 0 Å². The lowest BCUT2D eigenvalue weighted by Gasteiger charge is -2.23. The van der Waals surface area contributed by atoms with E-state index < -0.39 is 0 Å². The molecule has 44 heavy (non-hydrogen) atoms. The van der Waals surface area contributed by atoms with Gasteiger partial charge in [0.2, 0.25) is 0 Å². The van der Waals surface area contributed by atoms with Gasteiger partial charge in [0.1, 0.15) is 0 Å². The minimum absolute atomic E-state index is 0.124. The zero-order valence-electron chi connectivity index (χ0n) is 25.5. The summed E-state index contributed by atoms with van der Waals surface area (Å²) < 4.78 is 0. The molecule has 8 rings (SSSR count). The molecule has 0 saturated carbocycles. The van der Waals surface area contributed by atoms with Crippen LogP contribution >= 0.6 is 0 Å². The smallest absolute Gasteiger partial charge is 0.164 e. The fourth-order valence-corrected chi connectivity index (χ4v) is 6.67. The van der Waals surface area contributed by atoms with Gasteiger partial charge in [-0.2, -0.15) is 0 Å². The van der Waals surface area contributed by atoms with Gasteiger partial charge in [0.25, 0.3) is 0 Å². The van der Waals surface area contributed by atoms with Gasteiger partial charge >= 0.3 is 0 Å². The Balaban J connectivity index is 1.30. The van der Waals surface area contributed by atoms with Gasteiger partial charge in [-0.05, 0) is 73.5 Å². The van der Waals surface area contributed by atoms with Crippen LogP contribution in [0.4, 0.5) is 0 Å². The van der Waals surface area contributed by atoms with Crippen LogP contribution < -0.4 is 0 Å². The molecule has 0 unspecified atom stereocenters. The fraction of sp³-hybridized carbons (Fsp3) is 0.146. The van der Waals surface area contributed by atoms with Crippen LogP contribution in [0, 0.1) is 0 Å². The van der Waals surface area contributed by atoms with E-state index in [1.54, 1.807) is 0 Å². The zero-order chi connectivity index (χ0) is 30.0. The molecule has 1 aliphatic carbocycles. The van der Waals surface area contributed by atoms with Crippen LogP contribution in [0.15, 0.2) is 121 Å². The molecular weight excluding hydrogens is 534 g/mol. The highest BCUT2D eigenvalue weighted by molar-refractivity contribution is 5.89. The summed E-state index contributed by atoms with van der Waals surface area (Å²) in [6, 6.07) is 43.4. The number of nitrogens with zero attached hydrogens (tertiary/aromatic N) is 3. The predicted molar refractivity (Wildman–Crippen MR) is 183 cm³/mol. The molecular formula is C41H33N3. The molecule has 3 heteroatoms. The highest BCUT2D eigenvalue weighted by Crippen LogP contribution is 2.50. The van der Waals surface area contributed by atoms with Crippen LogP contribution in [-0.2, 0) is 5.41 Å². The standard InChI is InChI=1S/C41H33N3/c1-25(2)28-17-19-34-35-20-18-33(24-37(35)41(3,4)36(34)23-28)40-43-38(31-15-13-26-9-5-7-11-29(26)21-31)42-39(44-40)32-16-14-27-10-6-8-12-30(27)22-32/h5-25H,1-4H3. The Morgan fingerprint density at radius 3 is 1.41 bits per heavy atom. The Morgan fingerprint density at radius 1 is 0.455 bits per heavy atom. The lowest BCUT2D eigenvalue weighted by atomic mass is 9.81. The first-order chi connectivity index (χ1) is 21.3. The fourth-order valence-electron chi connectivity index (χ4n) is 6.67. The number of hydrogen-bond acceptors (Lipinski definition) is 3. The summed E-state index contributed by atoms with van der Waals surface area (Å²) in [6.07, 6.45) is 0. The third-order valence-corrected chi connectivity index (χ3v) is 9.28. The number of benzene rings is 6. The molecule has 212 valence electrons. The summed E-state index contributed by atoms with van der Waals surface area (Å²) in [4.78, 5) is 15.3. The van der Waals surface area contributed by atoms with Crippen LogP contribution in [0.1, 0.15) is 50.3 Å². The molecule has 0 aliphatic heterocycles. The molecule has 6 aromatic carbocycles. The maximum Gasteiger partial charge on any atom is 0.164 e. The predicted octanol–water partition coefficient (Wildman–Crippen LogP) is 10.6. The Hall–Kier alpha value is -5.15. The molecule has 1 heterocycles. The van der Waals surface area contributed by atoms with E-state index in [0.717, 1.165) is 27.5 Å². The van der Waals surface area contributed by atoms with Crippen molar-refractivity contribution in [2.45, 2.75) is 39.0 Å². The molecule has 0 amide bonds. The Bertz CT molecular complexity index is 2140. The highest BCUT2D eigenvalue weighted by atomic mass is 15.0. The quantitative estimate of drug-likeness (QED) is 0.212. The van der Waals surface area contributed by atoms with E-state index >= 15 is 0 Å². The maximum absolute atomic E-state index is 5.11. The molecule has 0 spiro atoms. The van der Waals surface area contributed by atoms with Crippen molar-refractivity contribution in [2.24, 2.45) is 0 Å². The van der Waals surface area contributed by atoms with E-state index in [2.05, 4.69) is 149 Å². The van der Waals surface area contributed by atoms with Gasteiger partial charge in [0, 0.05) is 22.1 Å². The lowest BCUT2D eigenvalue weighted by Crippen LogP contribution is -2.15. The normalized spacial score (nSPS) is 13.4. The van der Waals surface area contributed by atoms with Crippen LogP contribution in [0.2, 0.25) is 0 Å². The summed E-state index contributed by atoms with van der Waals surface area (Å²) in [7, 11) is 0. The summed E-state index contributed by atoms with van der Waals surface area (Å²) in [5.41, 5.74) is 9.52. The Labute approximate surface area is 258 Å². The molecule has 0 bridgehead atoms. The second-order valence-electron chi connectivity index (χ2n) is 12.8. The van der Waals surface area contributed by atoms with Gasteiger partial charge in [-0.25, -0.2) is 15.0 Å². The number of rotatable bonds is 4. The zero-order valence-corrected chi connectivity index (χ0v) is 25.5. The average Bonchev–Trinajstić information content (AvgIpc) is 3.29. The van der Waals surface area contributed by atoms with E-state index in [4.69, 9.17) is 15.0 Å². The van der Waals surface area contributed by atoms with Gasteiger partial charge < -0.3 is 0 Å². The highest BCUT2D eigenvalue weighted by Gasteiger charge is 2.36. The SMILES string of the molecule is CC(C)c1ccc2c(c1)C(C)(C)c1cc(-c3nc(-c4ccc5ccccc5c4)nc(-c4ccc5ccccc5c4)n3)ccc1-2. The van der Waals surface area contributed by atoms with Gasteiger partial charge in [0.15, 0.2) is 17.5 Å². The van der Waals surface area contributed by atoms with E-state index in [1.165, 1.54) is 38.6 Å². The topological polar surface area (TPSA) is 38.7 Å². The van der Waals surface area contributed by atoms with Gasteiger partial charge in [-0.1, -0.05) is 131 Å². The van der Waals surface area contributed by atoms with Crippen LogP contribution in [0.3, 0.4) is 0 Å². The van der Waals surface area contributed by atoms with Crippen molar-refractivity contribution in [2.75, 3.05) is 0 Å². The molecule has 0 atom stereocenters. The maximum atomic E-state index is 5.11. The molecule has 1 aliphatic rings. The van der Waals surface area contributed by atoms with Crippen molar-refractivity contribution in [3.8, 4) is 45.3 Å². The van der Waals surface area contributed by atoms with E-state index in [0.29, 0.717) is 23.4 Å². The molecule has 0 fully saturated rings.